The van der Waals surface area contributed by atoms with E-state index in [4.69, 9.17) is 20.9 Å². The predicted molar refractivity (Wildman–Crippen MR) is 97.2 cm³/mol. The number of benzene rings is 1. The number of anilines is 1. The average Bonchev–Trinajstić information content (AvgIpc) is 3.32. The highest BCUT2D eigenvalue weighted by Gasteiger charge is 2.32. The highest BCUT2D eigenvalue weighted by atomic mass is 35.5. The van der Waals surface area contributed by atoms with Gasteiger partial charge in [-0.25, -0.2) is 4.79 Å². The van der Waals surface area contributed by atoms with Crippen molar-refractivity contribution < 1.29 is 14.1 Å². The molecule has 0 spiro atoms. The third kappa shape index (κ3) is 3.79. The van der Waals surface area contributed by atoms with E-state index in [2.05, 4.69) is 20.6 Å². The number of amides is 2. The number of carbonyl (C=O) groups excluding carboxylic acids is 1. The van der Waals surface area contributed by atoms with E-state index in [1.807, 2.05) is 0 Å². The normalized spacial score (nSPS) is 17.1. The fourth-order valence-corrected chi connectivity index (χ4v) is 2.93. The zero-order valence-corrected chi connectivity index (χ0v) is 15.3. The number of hydrogen-bond donors (Lipinski definition) is 1. The Balaban J connectivity index is 1.53. The summed E-state index contributed by atoms with van der Waals surface area (Å²) in [6, 6.07) is 6.20. The number of urea groups is 1. The zero-order valence-electron chi connectivity index (χ0n) is 14.5. The van der Waals surface area contributed by atoms with Crippen LogP contribution in [-0.4, -0.2) is 50.6 Å². The molecule has 4 rings (SSSR count). The van der Waals surface area contributed by atoms with E-state index in [1.54, 1.807) is 53.3 Å². The van der Waals surface area contributed by atoms with Crippen molar-refractivity contribution >= 4 is 23.3 Å². The molecule has 0 saturated carbocycles. The Labute approximate surface area is 159 Å². The van der Waals surface area contributed by atoms with Gasteiger partial charge in [-0.2, -0.15) is 10.1 Å². The Hall–Kier alpha value is -2.91. The molecular formula is C17H17ClN6O3. The molecule has 2 amide bonds. The second kappa shape index (κ2) is 7.37. The molecule has 9 nitrogen and oxygen atoms in total. The van der Waals surface area contributed by atoms with Crippen molar-refractivity contribution in [3.8, 4) is 11.5 Å². The van der Waals surface area contributed by atoms with Crippen molar-refractivity contribution in [2.75, 3.05) is 25.1 Å². The molecule has 1 aromatic carbocycles. The van der Waals surface area contributed by atoms with Crippen LogP contribution in [0.2, 0.25) is 5.02 Å². The average molecular weight is 389 g/mol. The van der Waals surface area contributed by atoms with Crippen LogP contribution >= 0.6 is 11.6 Å². The molecule has 0 aliphatic carbocycles. The third-order valence-electron chi connectivity index (χ3n) is 4.18. The SMILES string of the molecule is Cn1cc(-c2nc([C@H]3COCCN3C(=O)Nc3ccc(Cl)cc3)no2)cn1. The maximum Gasteiger partial charge on any atom is 0.322 e. The summed E-state index contributed by atoms with van der Waals surface area (Å²) in [6.07, 6.45) is 3.42. The van der Waals surface area contributed by atoms with Gasteiger partial charge in [0, 0.05) is 30.5 Å². The maximum atomic E-state index is 12.7. The van der Waals surface area contributed by atoms with E-state index in [9.17, 15) is 4.79 Å². The Bertz CT molecular complexity index is 938. The first-order valence-electron chi connectivity index (χ1n) is 8.34. The molecule has 1 aliphatic rings. The molecule has 3 heterocycles. The molecule has 2 aromatic heterocycles. The van der Waals surface area contributed by atoms with E-state index >= 15 is 0 Å². The van der Waals surface area contributed by atoms with Crippen molar-refractivity contribution in [2.45, 2.75) is 6.04 Å². The molecule has 27 heavy (non-hydrogen) atoms. The first-order valence-corrected chi connectivity index (χ1v) is 8.71. The van der Waals surface area contributed by atoms with Crippen LogP contribution in [0.3, 0.4) is 0 Å². The van der Waals surface area contributed by atoms with Gasteiger partial charge in [0.05, 0.1) is 25.0 Å². The number of rotatable bonds is 3. The van der Waals surface area contributed by atoms with Crippen LogP contribution in [0.25, 0.3) is 11.5 Å². The van der Waals surface area contributed by atoms with Crippen LogP contribution in [0.4, 0.5) is 10.5 Å². The number of aryl methyl sites for hydroxylation is 1. The quantitative estimate of drug-likeness (QED) is 0.740. The van der Waals surface area contributed by atoms with Crippen LogP contribution in [-0.2, 0) is 11.8 Å². The topological polar surface area (TPSA) is 98.3 Å². The van der Waals surface area contributed by atoms with Crippen molar-refractivity contribution in [3.63, 3.8) is 0 Å². The monoisotopic (exact) mass is 388 g/mol. The Morgan fingerprint density at radius 1 is 1.33 bits per heavy atom. The smallest absolute Gasteiger partial charge is 0.322 e. The molecule has 140 valence electrons. The minimum atomic E-state index is -0.444. The Morgan fingerprint density at radius 3 is 2.89 bits per heavy atom. The lowest BCUT2D eigenvalue weighted by Gasteiger charge is -2.33. The van der Waals surface area contributed by atoms with Gasteiger partial charge in [0.1, 0.15) is 6.04 Å². The molecule has 1 atom stereocenters. The van der Waals surface area contributed by atoms with Crippen LogP contribution in [0.5, 0.6) is 0 Å². The molecule has 1 fully saturated rings. The van der Waals surface area contributed by atoms with Crippen molar-refractivity contribution in [1.82, 2.24) is 24.8 Å². The number of nitrogens with one attached hydrogen (secondary N) is 1. The number of ether oxygens (including phenoxy) is 1. The van der Waals surface area contributed by atoms with Gasteiger partial charge in [0.15, 0.2) is 5.82 Å². The Kier molecular flexibility index (Phi) is 4.78. The summed E-state index contributed by atoms with van der Waals surface area (Å²) >= 11 is 5.88. The largest absolute Gasteiger partial charge is 0.377 e. The van der Waals surface area contributed by atoms with Crippen LogP contribution in [0.15, 0.2) is 41.2 Å². The first-order chi connectivity index (χ1) is 13.1. The third-order valence-corrected chi connectivity index (χ3v) is 4.43. The molecule has 1 aliphatic heterocycles. The van der Waals surface area contributed by atoms with E-state index in [0.29, 0.717) is 47.7 Å². The highest BCUT2D eigenvalue weighted by Crippen LogP contribution is 2.26. The van der Waals surface area contributed by atoms with Crippen LogP contribution in [0.1, 0.15) is 11.9 Å². The Morgan fingerprint density at radius 2 is 2.15 bits per heavy atom. The molecule has 0 bridgehead atoms. The van der Waals surface area contributed by atoms with E-state index in [0.717, 1.165) is 0 Å². The summed E-state index contributed by atoms with van der Waals surface area (Å²) < 4.78 is 12.5. The summed E-state index contributed by atoms with van der Waals surface area (Å²) in [5.74, 6) is 0.738. The van der Waals surface area contributed by atoms with E-state index in [1.165, 1.54) is 0 Å². The summed E-state index contributed by atoms with van der Waals surface area (Å²) in [5.41, 5.74) is 1.36. The molecule has 10 heteroatoms. The van der Waals surface area contributed by atoms with Crippen LogP contribution < -0.4 is 5.32 Å². The minimum Gasteiger partial charge on any atom is -0.377 e. The molecule has 0 unspecified atom stereocenters. The fraction of sp³-hybridized carbons (Fsp3) is 0.294. The molecule has 3 aromatic rings. The maximum absolute atomic E-state index is 12.7. The second-order valence-electron chi connectivity index (χ2n) is 6.08. The van der Waals surface area contributed by atoms with Gasteiger partial charge in [-0.15, -0.1) is 0 Å². The number of hydrogen-bond acceptors (Lipinski definition) is 6. The molecule has 1 N–H and O–H groups in total. The van der Waals surface area contributed by atoms with E-state index < -0.39 is 6.04 Å². The number of morpholine rings is 1. The van der Waals surface area contributed by atoms with Gasteiger partial charge in [-0.1, -0.05) is 16.8 Å². The molecule has 0 radical (unpaired) electrons. The second-order valence-corrected chi connectivity index (χ2v) is 6.52. The van der Waals surface area contributed by atoms with Crippen LogP contribution in [0, 0.1) is 0 Å². The number of halogens is 1. The number of carbonyl (C=O) groups is 1. The van der Waals surface area contributed by atoms with Gasteiger partial charge in [-0.05, 0) is 24.3 Å². The van der Waals surface area contributed by atoms with Gasteiger partial charge in [-0.3, -0.25) is 4.68 Å². The highest BCUT2D eigenvalue weighted by molar-refractivity contribution is 6.30. The predicted octanol–water partition coefficient (Wildman–Crippen LogP) is 2.73. The van der Waals surface area contributed by atoms with Crippen molar-refractivity contribution in [2.24, 2.45) is 7.05 Å². The van der Waals surface area contributed by atoms with Gasteiger partial charge in [0.25, 0.3) is 5.89 Å². The van der Waals surface area contributed by atoms with Crippen molar-refractivity contribution in [3.05, 3.63) is 47.5 Å². The lowest BCUT2D eigenvalue weighted by Crippen LogP contribution is -2.45. The lowest BCUT2D eigenvalue weighted by atomic mass is 10.2. The van der Waals surface area contributed by atoms with Crippen molar-refractivity contribution in [1.29, 1.82) is 0 Å². The van der Waals surface area contributed by atoms with E-state index in [-0.39, 0.29) is 6.03 Å². The standard InChI is InChI=1S/C17H17ClN6O3/c1-23-9-11(8-19-23)16-21-15(22-27-16)14-10-26-7-6-24(14)17(25)20-13-4-2-12(18)3-5-13/h2-5,8-9,14H,6-7,10H2,1H3,(H,20,25)/t14-/m1/s1. The minimum absolute atomic E-state index is 0.265. The van der Waals surface area contributed by atoms with Gasteiger partial charge in [0.2, 0.25) is 0 Å². The first kappa shape index (κ1) is 17.5. The summed E-state index contributed by atoms with van der Waals surface area (Å²) in [7, 11) is 1.80. The molecular weight excluding hydrogens is 372 g/mol. The molecule has 1 saturated heterocycles. The fourth-order valence-electron chi connectivity index (χ4n) is 2.81. The number of nitrogens with zero attached hydrogens (tertiary/aromatic N) is 5. The number of aromatic nitrogens is 4. The zero-order chi connectivity index (χ0) is 18.8. The summed E-state index contributed by atoms with van der Waals surface area (Å²) in [6.45, 7) is 1.15. The summed E-state index contributed by atoms with van der Waals surface area (Å²) in [5, 5.41) is 11.6. The van der Waals surface area contributed by atoms with Gasteiger partial charge < -0.3 is 19.5 Å². The van der Waals surface area contributed by atoms with Gasteiger partial charge >= 0.3 is 6.03 Å². The lowest BCUT2D eigenvalue weighted by molar-refractivity contribution is 0.0110. The summed E-state index contributed by atoms with van der Waals surface area (Å²) in [4.78, 5) is 18.8.